The lowest BCUT2D eigenvalue weighted by atomic mass is 10.0. The Morgan fingerprint density at radius 1 is 0.906 bits per heavy atom. The minimum atomic E-state index is -0.241. The second-order valence-corrected chi connectivity index (χ2v) is 8.28. The molecule has 0 unspecified atom stereocenters. The summed E-state index contributed by atoms with van der Waals surface area (Å²) >= 11 is 1.40. The van der Waals surface area contributed by atoms with Crippen molar-refractivity contribution in [2.75, 3.05) is 18.5 Å². The van der Waals surface area contributed by atoms with Crippen LogP contribution in [0.25, 0.3) is 32.4 Å². The van der Waals surface area contributed by atoms with E-state index in [1.165, 1.54) is 11.3 Å². The molecule has 0 bridgehead atoms. The lowest BCUT2D eigenvalue weighted by molar-refractivity contribution is 0.102. The van der Waals surface area contributed by atoms with E-state index in [4.69, 9.17) is 14.5 Å². The lowest BCUT2D eigenvalue weighted by Crippen LogP contribution is -2.15. The second-order valence-electron chi connectivity index (χ2n) is 7.24. The number of thiazole rings is 1. The molecular weight excluding hydrogens is 424 g/mol. The average Bonchev–Trinajstić information content (AvgIpc) is 3.23. The Morgan fingerprint density at radius 3 is 2.53 bits per heavy atom. The maximum atomic E-state index is 13.3. The van der Waals surface area contributed by atoms with Gasteiger partial charge in [0.1, 0.15) is 13.2 Å². The molecule has 2 aromatic carbocycles. The predicted molar refractivity (Wildman–Crippen MR) is 124 cm³/mol. The third kappa shape index (κ3) is 3.30. The standard InChI is InChI=1S/C24H16N4O3S/c29-23(28-24-27-19-12-20-21(13-22(19)32-24)31-10-9-30-20)16-11-18(14-5-7-25-8-6-14)26-17-4-2-1-3-15(16)17/h1-8,11-13H,9-10H2,(H,27,28,29). The van der Waals surface area contributed by atoms with Crippen molar-refractivity contribution in [3.63, 3.8) is 0 Å². The topological polar surface area (TPSA) is 86.2 Å². The van der Waals surface area contributed by atoms with Crippen LogP contribution < -0.4 is 14.8 Å². The van der Waals surface area contributed by atoms with Crippen molar-refractivity contribution in [1.29, 1.82) is 0 Å². The van der Waals surface area contributed by atoms with Crippen molar-refractivity contribution in [2.24, 2.45) is 0 Å². The highest BCUT2D eigenvalue weighted by Crippen LogP contribution is 2.38. The molecule has 8 heteroatoms. The first-order chi connectivity index (χ1) is 15.7. The Hall–Kier alpha value is -4.04. The van der Waals surface area contributed by atoms with E-state index in [0.29, 0.717) is 41.1 Å². The number of para-hydroxylation sites is 1. The van der Waals surface area contributed by atoms with E-state index in [1.54, 1.807) is 18.5 Å². The number of benzene rings is 2. The number of amides is 1. The number of hydrogen-bond donors (Lipinski definition) is 1. The van der Waals surface area contributed by atoms with Crippen molar-refractivity contribution in [2.45, 2.75) is 0 Å². The fraction of sp³-hybridized carbons (Fsp3) is 0.0833. The molecule has 1 aliphatic rings. The number of hydrogen-bond acceptors (Lipinski definition) is 7. The molecule has 156 valence electrons. The van der Waals surface area contributed by atoms with Crippen LogP contribution in [0.2, 0.25) is 0 Å². The maximum absolute atomic E-state index is 13.3. The molecule has 6 rings (SSSR count). The van der Waals surface area contributed by atoms with Crippen molar-refractivity contribution < 1.29 is 14.3 Å². The molecule has 0 atom stereocenters. The SMILES string of the molecule is O=C(Nc1nc2cc3c(cc2s1)OCCO3)c1cc(-c2ccncc2)nc2ccccc12. The minimum absolute atomic E-state index is 0.241. The molecule has 3 aromatic heterocycles. The number of ether oxygens (including phenoxy) is 2. The largest absolute Gasteiger partial charge is 0.486 e. The zero-order valence-corrected chi connectivity index (χ0v) is 17.6. The van der Waals surface area contributed by atoms with E-state index in [2.05, 4.69) is 15.3 Å². The van der Waals surface area contributed by atoms with Crippen LogP contribution in [0.3, 0.4) is 0 Å². The second kappa shape index (κ2) is 7.58. The summed E-state index contributed by atoms with van der Waals surface area (Å²) in [6.07, 6.45) is 3.42. The first-order valence-electron chi connectivity index (χ1n) is 10.1. The van der Waals surface area contributed by atoms with Gasteiger partial charge in [-0.25, -0.2) is 9.97 Å². The number of aromatic nitrogens is 3. The zero-order valence-electron chi connectivity index (χ0n) is 16.7. The van der Waals surface area contributed by atoms with Crippen LogP contribution in [0.5, 0.6) is 11.5 Å². The van der Waals surface area contributed by atoms with Crippen LogP contribution in [0.4, 0.5) is 5.13 Å². The fourth-order valence-electron chi connectivity index (χ4n) is 3.72. The highest BCUT2D eigenvalue weighted by atomic mass is 32.1. The van der Waals surface area contributed by atoms with Crippen molar-refractivity contribution in [3.05, 3.63) is 72.6 Å². The van der Waals surface area contributed by atoms with Gasteiger partial charge in [-0.3, -0.25) is 15.1 Å². The Labute approximate surface area is 186 Å². The van der Waals surface area contributed by atoms with Crippen molar-refractivity contribution >= 4 is 43.5 Å². The molecule has 1 aliphatic heterocycles. The highest BCUT2D eigenvalue weighted by Gasteiger charge is 2.18. The number of nitrogens with zero attached hydrogens (tertiary/aromatic N) is 3. The van der Waals surface area contributed by atoms with Crippen LogP contribution in [0, 0.1) is 0 Å². The monoisotopic (exact) mass is 440 g/mol. The minimum Gasteiger partial charge on any atom is -0.486 e. The Kier molecular flexibility index (Phi) is 4.43. The van der Waals surface area contributed by atoms with Crippen LogP contribution in [0.1, 0.15) is 10.4 Å². The van der Waals surface area contributed by atoms with E-state index in [1.807, 2.05) is 48.5 Å². The van der Waals surface area contributed by atoms with Gasteiger partial charge in [0.05, 0.1) is 27.0 Å². The number of anilines is 1. The first-order valence-corrected chi connectivity index (χ1v) is 10.9. The quantitative estimate of drug-likeness (QED) is 0.428. The smallest absolute Gasteiger partial charge is 0.258 e. The summed E-state index contributed by atoms with van der Waals surface area (Å²) < 4.78 is 12.2. The molecule has 7 nitrogen and oxygen atoms in total. The number of carbonyl (C=O) groups excluding carboxylic acids is 1. The zero-order chi connectivity index (χ0) is 21.5. The lowest BCUT2D eigenvalue weighted by Gasteiger charge is -2.17. The van der Waals surface area contributed by atoms with Crippen molar-refractivity contribution in [3.8, 4) is 22.8 Å². The van der Waals surface area contributed by atoms with Crippen molar-refractivity contribution in [1.82, 2.24) is 15.0 Å². The Balaban J connectivity index is 1.39. The number of fused-ring (bicyclic) bond motifs is 3. The Bertz CT molecular complexity index is 1440. The van der Waals surface area contributed by atoms with Gasteiger partial charge in [0.15, 0.2) is 16.6 Å². The van der Waals surface area contributed by atoms with Gasteiger partial charge in [-0.1, -0.05) is 29.5 Å². The van der Waals surface area contributed by atoms with Gasteiger partial charge in [-0.05, 0) is 24.3 Å². The third-order valence-corrected chi connectivity index (χ3v) is 6.14. The Morgan fingerprint density at radius 2 is 1.69 bits per heavy atom. The molecule has 0 spiro atoms. The van der Waals surface area contributed by atoms with Gasteiger partial charge in [0.25, 0.3) is 5.91 Å². The fourth-order valence-corrected chi connectivity index (χ4v) is 4.59. The van der Waals surface area contributed by atoms with Crippen LogP contribution in [0.15, 0.2) is 67.0 Å². The highest BCUT2D eigenvalue weighted by molar-refractivity contribution is 7.22. The summed E-state index contributed by atoms with van der Waals surface area (Å²) in [5.74, 6) is 1.14. The molecule has 0 fully saturated rings. The molecule has 1 amide bonds. The van der Waals surface area contributed by atoms with Crippen LogP contribution in [-0.4, -0.2) is 34.1 Å². The van der Waals surface area contributed by atoms with Gasteiger partial charge in [0.2, 0.25) is 0 Å². The summed E-state index contributed by atoms with van der Waals surface area (Å²) in [7, 11) is 0. The van der Waals surface area contributed by atoms with E-state index in [9.17, 15) is 4.79 Å². The maximum Gasteiger partial charge on any atom is 0.258 e. The molecule has 0 radical (unpaired) electrons. The molecule has 0 saturated heterocycles. The number of rotatable bonds is 3. The molecule has 1 N–H and O–H groups in total. The van der Waals surface area contributed by atoms with E-state index < -0.39 is 0 Å². The molecule has 32 heavy (non-hydrogen) atoms. The molecular formula is C24H16N4O3S. The molecule has 0 saturated carbocycles. The number of carbonyl (C=O) groups is 1. The van der Waals surface area contributed by atoms with Crippen LogP contribution in [-0.2, 0) is 0 Å². The summed E-state index contributed by atoms with van der Waals surface area (Å²) in [5.41, 5.74) is 3.64. The molecule has 5 aromatic rings. The van der Waals surface area contributed by atoms with Gasteiger partial charge in [-0.2, -0.15) is 0 Å². The summed E-state index contributed by atoms with van der Waals surface area (Å²) in [6.45, 7) is 1.04. The summed E-state index contributed by atoms with van der Waals surface area (Å²) in [4.78, 5) is 26.7. The van der Waals surface area contributed by atoms with E-state index in [0.717, 1.165) is 26.7 Å². The van der Waals surface area contributed by atoms with E-state index in [-0.39, 0.29) is 5.91 Å². The first kappa shape index (κ1) is 18.7. The summed E-state index contributed by atoms with van der Waals surface area (Å²) in [5, 5.41) is 4.25. The van der Waals surface area contributed by atoms with Gasteiger partial charge in [-0.15, -0.1) is 0 Å². The molecule has 4 heterocycles. The normalized spacial score (nSPS) is 12.8. The average molecular weight is 440 g/mol. The number of nitrogens with one attached hydrogen (secondary N) is 1. The third-order valence-electron chi connectivity index (χ3n) is 5.21. The van der Waals surface area contributed by atoms with Gasteiger partial charge >= 0.3 is 0 Å². The predicted octanol–water partition coefficient (Wildman–Crippen LogP) is 4.93. The summed E-state index contributed by atoms with van der Waals surface area (Å²) in [6, 6.07) is 16.9. The molecule has 0 aliphatic carbocycles. The van der Waals surface area contributed by atoms with E-state index >= 15 is 0 Å². The van der Waals surface area contributed by atoms with Crippen LogP contribution >= 0.6 is 11.3 Å². The number of pyridine rings is 2. The van der Waals surface area contributed by atoms with Gasteiger partial charge in [0, 0.05) is 35.5 Å². The van der Waals surface area contributed by atoms with Gasteiger partial charge < -0.3 is 9.47 Å².